The second-order valence-electron chi connectivity index (χ2n) is 5.81. The van der Waals surface area contributed by atoms with Gasteiger partial charge in [-0.3, -0.25) is 0 Å². The summed E-state index contributed by atoms with van der Waals surface area (Å²) in [6.07, 6.45) is 1.65. The van der Waals surface area contributed by atoms with Gasteiger partial charge in [-0.15, -0.1) is 0 Å². The maximum atomic E-state index is 12.2. The van der Waals surface area contributed by atoms with Gasteiger partial charge in [0.25, 0.3) is 0 Å². The van der Waals surface area contributed by atoms with E-state index in [0.717, 1.165) is 5.56 Å². The van der Waals surface area contributed by atoms with Crippen LogP contribution >= 0.6 is 0 Å². The molecule has 0 N–H and O–H groups in total. The van der Waals surface area contributed by atoms with E-state index in [1.54, 1.807) is 24.3 Å². The van der Waals surface area contributed by atoms with E-state index in [1.165, 1.54) is 0 Å². The van der Waals surface area contributed by atoms with Crippen LogP contribution in [0.3, 0.4) is 0 Å². The molecule has 0 unspecified atom stereocenters. The van der Waals surface area contributed by atoms with Gasteiger partial charge in [-0.1, -0.05) is 6.07 Å². The largest absolute Gasteiger partial charge is 0.486 e. The van der Waals surface area contributed by atoms with Crippen molar-refractivity contribution in [3.05, 3.63) is 53.2 Å². The summed E-state index contributed by atoms with van der Waals surface area (Å²) in [5, 5.41) is 0. The summed E-state index contributed by atoms with van der Waals surface area (Å²) in [6, 6.07) is 10.7. The predicted molar refractivity (Wildman–Crippen MR) is 90.6 cm³/mol. The number of cyclic esters (lactones) is 1. The molecular formula is C19H13NO6. The fraction of sp³-hybridized carbons (Fsp3) is 0.158. The van der Waals surface area contributed by atoms with E-state index in [9.17, 15) is 4.79 Å². The Morgan fingerprint density at radius 1 is 0.846 bits per heavy atom. The summed E-state index contributed by atoms with van der Waals surface area (Å²) in [6.45, 7) is 1.21. The summed E-state index contributed by atoms with van der Waals surface area (Å²) in [4.78, 5) is 16.5. The molecule has 0 aliphatic carbocycles. The highest BCUT2D eigenvalue weighted by Gasteiger charge is 2.26. The number of carbonyl (C=O) groups is 1. The van der Waals surface area contributed by atoms with Crippen LogP contribution < -0.4 is 18.9 Å². The average Bonchev–Trinajstić information content (AvgIpc) is 3.28. The third-order valence-electron chi connectivity index (χ3n) is 4.11. The lowest BCUT2D eigenvalue weighted by Crippen LogP contribution is -2.15. The van der Waals surface area contributed by atoms with E-state index in [0.29, 0.717) is 41.8 Å². The number of benzene rings is 2. The van der Waals surface area contributed by atoms with Crippen LogP contribution in [0.2, 0.25) is 0 Å². The van der Waals surface area contributed by atoms with Gasteiger partial charge in [0, 0.05) is 5.56 Å². The van der Waals surface area contributed by atoms with Crippen molar-refractivity contribution >= 4 is 17.9 Å². The number of hydrogen-bond donors (Lipinski definition) is 0. The smallest absolute Gasteiger partial charge is 0.363 e. The first-order chi connectivity index (χ1) is 12.8. The molecule has 3 aliphatic rings. The molecule has 0 bridgehead atoms. The van der Waals surface area contributed by atoms with Crippen LogP contribution in [0.15, 0.2) is 47.1 Å². The molecule has 0 amide bonds. The molecule has 7 heteroatoms. The molecule has 5 rings (SSSR count). The number of carbonyl (C=O) groups excluding carboxylic acids is 1. The predicted octanol–water partition coefficient (Wildman–Crippen LogP) is 2.53. The second-order valence-corrected chi connectivity index (χ2v) is 5.81. The van der Waals surface area contributed by atoms with Gasteiger partial charge >= 0.3 is 5.97 Å². The highest BCUT2D eigenvalue weighted by atomic mass is 16.7. The Labute approximate surface area is 148 Å². The quantitative estimate of drug-likeness (QED) is 0.611. The van der Waals surface area contributed by atoms with Crippen molar-refractivity contribution in [1.29, 1.82) is 0 Å². The molecule has 26 heavy (non-hydrogen) atoms. The summed E-state index contributed by atoms with van der Waals surface area (Å²) < 4.78 is 27.0. The monoisotopic (exact) mass is 351 g/mol. The van der Waals surface area contributed by atoms with Gasteiger partial charge < -0.3 is 23.7 Å². The Kier molecular flexibility index (Phi) is 3.31. The van der Waals surface area contributed by atoms with E-state index in [-0.39, 0.29) is 18.4 Å². The third-order valence-corrected chi connectivity index (χ3v) is 4.11. The molecule has 130 valence electrons. The number of ether oxygens (including phenoxy) is 5. The number of nitrogens with zero attached hydrogens (tertiary/aromatic N) is 1. The van der Waals surface area contributed by atoms with Crippen LogP contribution in [0, 0.1) is 0 Å². The first-order valence-electron chi connectivity index (χ1n) is 8.08. The summed E-state index contributed by atoms with van der Waals surface area (Å²) in [5.41, 5.74) is 1.64. The molecule has 0 saturated carbocycles. The third kappa shape index (κ3) is 2.54. The standard InChI is InChI=1S/C19H13NO6/c21-19-13(7-11-1-3-14-16(8-11)23-6-5-22-14)20-18(26-19)12-2-4-15-17(9-12)25-10-24-15/h1-4,7-9H,5-6,10H2/b13-7-. The minimum atomic E-state index is -0.507. The van der Waals surface area contributed by atoms with Gasteiger partial charge in [0.15, 0.2) is 28.7 Å². The lowest BCUT2D eigenvalue weighted by Gasteiger charge is -2.18. The van der Waals surface area contributed by atoms with Crippen molar-refractivity contribution < 1.29 is 28.5 Å². The topological polar surface area (TPSA) is 75.6 Å². The fourth-order valence-corrected chi connectivity index (χ4v) is 2.87. The van der Waals surface area contributed by atoms with Crippen molar-refractivity contribution in [3.8, 4) is 23.0 Å². The van der Waals surface area contributed by atoms with E-state index >= 15 is 0 Å². The average molecular weight is 351 g/mol. The summed E-state index contributed by atoms with van der Waals surface area (Å²) in [7, 11) is 0. The van der Waals surface area contributed by atoms with Gasteiger partial charge in [0.2, 0.25) is 12.7 Å². The Morgan fingerprint density at radius 3 is 2.50 bits per heavy atom. The molecule has 3 heterocycles. The Balaban J connectivity index is 1.46. The van der Waals surface area contributed by atoms with Crippen molar-refractivity contribution in [2.75, 3.05) is 20.0 Å². The molecule has 7 nitrogen and oxygen atoms in total. The first kappa shape index (κ1) is 14.8. The molecule has 0 aromatic heterocycles. The molecule has 0 fully saturated rings. The van der Waals surface area contributed by atoms with E-state index < -0.39 is 5.97 Å². The summed E-state index contributed by atoms with van der Waals surface area (Å²) >= 11 is 0. The lowest BCUT2D eigenvalue weighted by atomic mass is 10.1. The molecule has 3 aliphatic heterocycles. The summed E-state index contributed by atoms with van der Waals surface area (Å²) in [5.74, 6) is 2.33. The molecule has 2 aromatic carbocycles. The molecule has 0 atom stereocenters. The Hall–Kier alpha value is -3.48. The van der Waals surface area contributed by atoms with Crippen molar-refractivity contribution in [1.82, 2.24) is 0 Å². The Bertz CT molecular complexity index is 978. The molecule has 2 aromatic rings. The number of aliphatic imine (C=N–C) groups is 1. The molecule has 0 radical (unpaired) electrons. The highest BCUT2D eigenvalue weighted by molar-refractivity contribution is 6.13. The van der Waals surface area contributed by atoms with Crippen molar-refractivity contribution in [2.45, 2.75) is 0 Å². The second kappa shape index (κ2) is 5.80. The minimum Gasteiger partial charge on any atom is -0.486 e. The van der Waals surface area contributed by atoms with Crippen molar-refractivity contribution in [2.24, 2.45) is 4.99 Å². The van der Waals surface area contributed by atoms with Crippen LogP contribution in [0.25, 0.3) is 6.08 Å². The zero-order valence-electron chi connectivity index (χ0n) is 13.6. The molecule has 0 saturated heterocycles. The van der Waals surface area contributed by atoms with Crippen LogP contribution in [-0.4, -0.2) is 31.9 Å². The van der Waals surface area contributed by atoms with Gasteiger partial charge in [-0.05, 0) is 42.0 Å². The Morgan fingerprint density at radius 2 is 1.58 bits per heavy atom. The van der Waals surface area contributed by atoms with Crippen molar-refractivity contribution in [3.63, 3.8) is 0 Å². The SMILES string of the molecule is O=C1OC(c2ccc3c(c2)OCO3)=N/C1=C\c1ccc2c(c1)OCCO2. The highest BCUT2D eigenvalue weighted by Crippen LogP contribution is 2.34. The van der Waals surface area contributed by atoms with Crippen LogP contribution in [0.1, 0.15) is 11.1 Å². The minimum absolute atomic E-state index is 0.181. The normalized spacial score (nSPS) is 18.7. The maximum absolute atomic E-state index is 12.2. The molecular weight excluding hydrogens is 338 g/mol. The first-order valence-corrected chi connectivity index (χ1v) is 8.08. The van der Waals surface area contributed by atoms with Crippen LogP contribution in [-0.2, 0) is 9.53 Å². The lowest BCUT2D eigenvalue weighted by molar-refractivity contribution is -0.129. The van der Waals surface area contributed by atoms with Crippen LogP contribution in [0.4, 0.5) is 0 Å². The maximum Gasteiger partial charge on any atom is 0.363 e. The van der Waals surface area contributed by atoms with Crippen LogP contribution in [0.5, 0.6) is 23.0 Å². The number of esters is 1. The van der Waals surface area contributed by atoms with Gasteiger partial charge in [0.1, 0.15) is 13.2 Å². The van der Waals surface area contributed by atoms with E-state index in [2.05, 4.69) is 4.99 Å². The zero-order valence-corrected chi connectivity index (χ0v) is 13.6. The number of rotatable bonds is 2. The number of hydrogen-bond acceptors (Lipinski definition) is 7. The fourth-order valence-electron chi connectivity index (χ4n) is 2.87. The van der Waals surface area contributed by atoms with E-state index in [1.807, 2.05) is 18.2 Å². The molecule has 0 spiro atoms. The number of fused-ring (bicyclic) bond motifs is 2. The van der Waals surface area contributed by atoms with Gasteiger partial charge in [0.05, 0.1) is 0 Å². The van der Waals surface area contributed by atoms with Gasteiger partial charge in [-0.2, -0.15) is 0 Å². The van der Waals surface area contributed by atoms with E-state index in [4.69, 9.17) is 23.7 Å². The van der Waals surface area contributed by atoms with Gasteiger partial charge in [-0.25, -0.2) is 9.79 Å². The zero-order chi connectivity index (χ0) is 17.5.